The van der Waals surface area contributed by atoms with E-state index in [1.54, 1.807) is 30.7 Å². The lowest BCUT2D eigenvalue weighted by atomic mass is 9.95. The molecule has 0 spiro atoms. The molecular weight excluding hydrogens is 368 g/mol. The van der Waals surface area contributed by atoms with Crippen molar-refractivity contribution in [3.8, 4) is 11.3 Å². The number of carbonyl (C=O) groups excluding carboxylic acids is 1. The van der Waals surface area contributed by atoms with Gasteiger partial charge in [-0.05, 0) is 38.3 Å². The van der Waals surface area contributed by atoms with Crippen LogP contribution in [0.1, 0.15) is 47.1 Å². The molecule has 1 saturated heterocycles. The molecule has 1 amide bonds. The molecule has 1 aliphatic heterocycles. The number of nitrogens with zero attached hydrogens (tertiary/aromatic N) is 6. The second-order valence-corrected chi connectivity index (χ2v) is 7.44. The number of pyridine rings is 1. The SMILES string of the molecule is Cc1cc(-c2cnc(N(C)C)nc2C2CCCCN2C(=O)c2ccncc2)on1. The van der Waals surface area contributed by atoms with Gasteiger partial charge >= 0.3 is 0 Å². The molecule has 0 aromatic carbocycles. The van der Waals surface area contributed by atoms with Crippen molar-refractivity contribution in [2.24, 2.45) is 0 Å². The van der Waals surface area contributed by atoms with Crippen LogP contribution in [-0.4, -0.2) is 51.6 Å². The molecule has 0 saturated carbocycles. The van der Waals surface area contributed by atoms with Gasteiger partial charge in [-0.2, -0.15) is 0 Å². The van der Waals surface area contributed by atoms with Crippen LogP contribution in [0.3, 0.4) is 0 Å². The summed E-state index contributed by atoms with van der Waals surface area (Å²) in [5.74, 6) is 1.20. The first-order chi connectivity index (χ1) is 14.0. The molecule has 0 N–H and O–H groups in total. The van der Waals surface area contributed by atoms with Gasteiger partial charge in [0.15, 0.2) is 5.76 Å². The Morgan fingerprint density at radius 2 is 2.03 bits per heavy atom. The zero-order valence-corrected chi connectivity index (χ0v) is 16.9. The summed E-state index contributed by atoms with van der Waals surface area (Å²) in [6.45, 7) is 2.56. The van der Waals surface area contributed by atoms with E-state index in [1.165, 1.54) is 0 Å². The van der Waals surface area contributed by atoms with Crippen LogP contribution in [-0.2, 0) is 0 Å². The predicted octanol–water partition coefficient (Wildman–Crippen LogP) is 3.27. The van der Waals surface area contributed by atoms with E-state index in [0.29, 0.717) is 23.8 Å². The van der Waals surface area contributed by atoms with Crippen LogP contribution >= 0.6 is 0 Å². The fraction of sp³-hybridized carbons (Fsp3) is 0.381. The Hall–Kier alpha value is -3.29. The highest BCUT2D eigenvalue weighted by Gasteiger charge is 2.32. The summed E-state index contributed by atoms with van der Waals surface area (Å²) < 4.78 is 5.51. The lowest BCUT2D eigenvalue weighted by molar-refractivity contribution is 0.0606. The van der Waals surface area contributed by atoms with E-state index in [4.69, 9.17) is 9.51 Å². The molecule has 0 bridgehead atoms. The van der Waals surface area contributed by atoms with Gasteiger partial charge < -0.3 is 14.3 Å². The minimum absolute atomic E-state index is 0.0122. The third-order valence-corrected chi connectivity index (χ3v) is 5.11. The molecule has 150 valence electrons. The number of rotatable bonds is 4. The maximum Gasteiger partial charge on any atom is 0.254 e. The molecule has 4 heterocycles. The highest BCUT2D eigenvalue weighted by Crippen LogP contribution is 2.37. The van der Waals surface area contributed by atoms with Crippen molar-refractivity contribution < 1.29 is 9.32 Å². The molecule has 29 heavy (non-hydrogen) atoms. The van der Waals surface area contributed by atoms with Gasteiger partial charge in [0, 0.05) is 50.9 Å². The Morgan fingerprint density at radius 3 is 2.72 bits per heavy atom. The number of carbonyl (C=O) groups is 1. The van der Waals surface area contributed by atoms with Gasteiger partial charge in [-0.25, -0.2) is 9.97 Å². The van der Waals surface area contributed by atoms with Crippen molar-refractivity contribution in [3.63, 3.8) is 0 Å². The van der Waals surface area contributed by atoms with Crippen molar-refractivity contribution in [3.05, 3.63) is 53.7 Å². The fourth-order valence-corrected chi connectivity index (χ4v) is 3.65. The van der Waals surface area contributed by atoms with Gasteiger partial charge in [0.25, 0.3) is 5.91 Å². The summed E-state index contributed by atoms with van der Waals surface area (Å²) in [6, 6.07) is 5.21. The molecule has 3 aromatic rings. The van der Waals surface area contributed by atoms with Crippen molar-refractivity contribution >= 4 is 11.9 Å². The second-order valence-electron chi connectivity index (χ2n) is 7.44. The highest BCUT2D eigenvalue weighted by atomic mass is 16.5. The van der Waals surface area contributed by atoms with Gasteiger partial charge in [0.05, 0.1) is 23.0 Å². The summed E-state index contributed by atoms with van der Waals surface area (Å²) in [5.41, 5.74) is 2.99. The predicted molar refractivity (Wildman–Crippen MR) is 108 cm³/mol. The average Bonchev–Trinajstić information content (AvgIpc) is 3.19. The zero-order valence-electron chi connectivity index (χ0n) is 16.9. The summed E-state index contributed by atoms with van der Waals surface area (Å²) in [5, 5.41) is 4.01. The number of hydrogen-bond donors (Lipinski definition) is 0. The summed E-state index contributed by atoms with van der Waals surface area (Å²) in [6.07, 6.45) is 7.88. The highest BCUT2D eigenvalue weighted by molar-refractivity contribution is 5.94. The molecule has 8 nitrogen and oxygen atoms in total. The molecule has 3 aromatic heterocycles. The van der Waals surface area contributed by atoms with Crippen LogP contribution in [0.25, 0.3) is 11.3 Å². The van der Waals surface area contributed by atoms with Crippen molar-refractivity contribution in [1.82, 2.24) is 25.0 Å². The molecule has 0 aliphatic carbocycles. The van der Waals surface area contributed by atoms with Gasteiger partial charge in [0.1, 0.15) is 0 Å². The van der Waals surface area contributed by atoms with Crippen molar-refractivity contribution in [1.29, 1.82) is 0 Å². The normalized spacial score (nSPS) is 16.7. The molecule has 1 unspecified atom stereocenters. The lowest BCUT2D eigenvalue weighted by Gasteiger charge is -2.36. The fourth-order valence-electron chi connectivity index (χ4n) is 3.65. The van der Waals surface area contributed by atoms with Gasteiger partial charge in [-0.15, -0.1) is 0 Å². The number of likely N-dealkylation sites (tertiary alicyclic amines) is 1. The Morgan fingerprint density at radius 1 is 1.24 bits per heavy atom. The topological polar surface area (TPSA) is 88.3 Å². The lowest BCUT2D eigenvalue weighted by Crippen LogP contribution is -2.39. The molecular formula is C21H24N6O2. The number of amides is 1. The van der Waals surface area contributed by atoms with Crippen LogP contribution in [0.2, 0.25) is 0 Å². The number of aryl methyl sites for hydroxylation is 1. The number of hydrogen-bond acceptors (Lipinski definition) is 7. The van der Waals surface area contributed by atoms with Gasteiger partial charge in [0.2, 0.25) is 5.95 Å². The summed E-state index contributed by atoms with van der Waals surface area (Å²) in [4.78, 5) is 30.3. The van der Waals surface area contributed by atoms with E-state index in [-0.39, 0.29) is 11.9 Å². The largest absolute Gasteiger partial charge is 0.356 e. The molecule has 1 aliphatic rings. The van der Waals surface area contributed by atoms with E-state index in [1.807, 2.05) is 36.9 Å². The number of anilines is 1. The Kier molecular flexibility index (Phi) is 5.24. The van der Waals surface area contributed by atoms with Gasteiger partial charge in [-0.1, -0.05) is 5.16 Å². The first-order valence-electron chi connectivity index (χ1n) is 9.73. The Balaban J connectivity index is 1.79. The van der Waals surface area contributed by atoms with Crippen LogP contribution < -0.4 is 4.90 Å². The number of aromatic nitrogens is 4. The van der Waals surface area contributed by atoms with Crippen LogP contribution in [0.15, 0.2) is 41.3 Å². The smallest absolute Gasteiger partial charge is 0.254 e. The maximum absolute atomic E-state index is 13.3. The maximum atomic E-state index is 13.3. The Bertz CT molecular complexity index is 1000. The van der Waals surface area contributed by atoms with Crippen LogP contribution in [0.5, 0.6) is 0 Å². The summed E-state index contributed by atoms with van der Waals surface area (Å²) >= 11 is 0. The molecule has 0 radical (unpaired) electrons. The van der Waals surface area contributed by atoms with E-state index in [0.717, 1.165) is 36.2 Å². The minimum Gasteiger partial charge on any atom is -0.356 e. The van der Waals surface area contributed by atoms with E-state index in [9.17, 15) is 4.79 Å². The molecule has 8 heteroatoms. The Labute approximate surface area is 169 Å². The monoisotopic (exact) mass is 392 g/mol. The van der Waals surface area contributed by atoms with E-state index >= 15 is 0 Å². The number of piperidine rings is 1. The van der Waals surface area contributed by atoms with Gasteiger partial charge in [-0.3, -0.25) is 9.78 Å². The van der Waals surface area contributed by atoms with E-state index in [2.05, 4.69) is 15.1 Å². The first-order valence-corrected chi connectivity index (χ1v) is 9.73. The molecule has 4 rings (SSSR count). The second kappa shape index (κ2) is 7.98. The standard InChI is InChI=1S/C21H24N6O2/c1-14-12-18(29-25-14)16-13-23-21(26(2)3)24-19(16)17-6-4-5-11-27(17)20(28)15-7-9-22-10-8-15/h7-10,12-13,17H,4-6,11H2,1-3H3. The summed E-state index contributed by atoms with van der Waals surface area (Å²) in [7, 11) is 3.80. The third-order valence-electron chi connectivity index (χ3n) is 5.11. The first kappa shape index (κ1) is 19.0. The molecule has 1 atom stereocenters. The third kappa shape index (κ3) is 3.83. The van der Waals surface area contributed by atoms with Crippen molar-refractivity contribution in [2.75, 3.05) is 25.5 Å². The van der Waals surface area contributed by atoms with Crippen molar-refractivity contribution in [2.45, 2.75) is 32.2 Å². The average molecular weight is 392 g/mol. The zero-order chi connectivity index (χ0) is 20.4. The van der Waals surface area contributed by atoms with Crippen LogP contribution in [0.4, 0.5) is 5.95 Å². The quantitative estimate of drug-likeness (QED) is 0.673. The van der Waals surface area contributed by atoms with E-state index < -0.39 is 0 Å². The van der Waals surface area contributed by atoms with Crippen LogP contribution in [0, 0.1) is 6.92 Å². The molecule has 1 fully saturated rings. The minimum atomic E-state index is -0.161.